The number of hydrogen-bond acceptors (Lipinski definition) is 3. The zero-order chi connectivity index (χ0) is 17.0. The van der Waals surface area contributed by atoms with Crippen LogP contribution in [0.2, 0.25) is 0 Å². The van der Waals surface area contributed by atoms with Crippen LogP contribution in [-0.4, -0.2) is 63.3 Å². The van der Waals surface area contributed by atoms with Gasteiger partial charge in [0.25, 0.3) is 0 Å². The van der Waals surface area contributed by atoms with E-state index in [1.54, 1.807) is 14.2 Å². The summed E-state index contributed by atoms with van der Waals surface area (Å²) in [7, 11) is 3.48. The van der Waals surface area contributed by atoms with Gasteiger partial charge >= 0.3 is 0 Å². The van der Waals surface area contributed by atoms with Gasteiger partial charge in [0.1, 0.15) is 0 Å². The molecule has 2 unspecified atom stereocenters. The maximum Gasteiger partial charge on any atom is 0.191 e. The lowest BCUT2D eigenvalue weighted by molar-refractivity contribution is 0.177. The van der Waals surface area contributed by atoms with Crippen molar-refractivity contribution in [2.45, 2.75) is 32.9 Å². The van der Waals surface area contributed by atoms with Crippen molar-refractivity contribution < 1.29 is 4.74 Å². The first-order valence-corrected chi connectivity index (χ1v) is 7.92. The Morgan fingerprint density at radius 1 is 1.23 bits per heavy atom. The van der Waals surface area contributed by atoms with Crippen LogP contribution >= 0.6 is 0 Å². The Balaban J connectivity index is 4.66. The number of aliphatic imine (C=N–C) groups is 1. The van der Waals surface area contributed by atoms with Crippen LogP contribution in [0.5, 0.6) is 0 Å². The number of methoxy groups -OCH3 is 1. The van der Waals surface area contributed by atoms with E-state index in [4.69, 9.17) is 4.74 Å². The van der Waals surface area contributed by atoms with Crippen LogP contribution in [0.25, 0.3) is 0 Å². The van der Waals surface area contributed by atoms with Crippen LogP contribution in [0.15, 0.2) is 30.3 Å². The number of hydrogen-bond donors (Lipinski definition) is 2. The number of nitrogens with zero attached hydrogens (tertiary/aromatic N) is 2. The molecule has 0 rings (SSSR count). The topological polar surface area (TPSA) is 48.9 Å². The predicted molar refractivity (Wildman–Crippen MR) is 96.4 cm³/mol. The fraction of sp³-hybridized carbons (Fsp3) is 0.706. The Morgan fingerprint density at radius 3 is 2.23 bits per heavy atom. The summed E-state index contributed by atoms with van der Waals surface area (Å²) in [6.45, 7) is 17.4. The minimum atomic E-state index is 0.214. The van der Waals surface area contributed by atoms with Gasteiger partial charge in [-0.1, -0.05) is 26.0 Å². The number of ether oxygens (including phenoxy) is 1. The smallest absolute Gasteiger partial charge is 0.191 e. The van der Waals surface area contributed by atoms with Crippen LogP contribution in [0, 0.1) is 5.92 Å². The molecular weight excluding hydrogens is 276 g/mol. The zero-order valence-corrected chi connectivity index (χ0v) is 14.9. The minimum absolute atomic E-state index is 0.214. The summed E-state index contributed by atoms with van der Waals surface area (Å²) in [5, 5.41) is 6.73. The summed E-state index contributed by atoms with van der Waals surface area (Å²) in [5.41, 5.74) is 0. The van der Waals surface area contributed by atoms with Crippen LogP contribution in [-0.2, 0) is 4.74 Å². The molecular formula is C17H34N4O. The van der Waals surface area contributed by atoms with E-state index in [0.717, 1.165) is 25.6 Å². The fourth-order valence-corrected chi connectivity index (χ4v) is 2.38. The van der Waals surface area contributed by atoms with Gasteiger partial charge in [-0.05, 0) is 12.8 Å². The molecule has 0 aliphatic rings. The third-order valence-electron chi connectivity index (χ3n) is 3.47. The first-order valence-electron chi connectivity index (χ1n) is 7.92. The van der Waals surface area contributed by atoms with E-state index in [2.05, 4.69) is 54.5 Å². The summed E-state index contributed by atoms with van der Waals surface area (Å²) in [6.07, 6.45) is 3.87. The summed E-state index contributed by atoms with van der Waals surface area (Å²) in [4.78, 5) is 6.64. The Labute approximate surface area is 136 Å². The summed E-state index contributed by atoms with van der Waals surface area (Å²) >= 11 is 0. The highest BCUT2D eigenvalue weighted by Crippen LogP contribution is 2.10. The molecule has 0 heterocycles. The maximum absolute atomic E-state index is 5.14. The molecule has 0 aliphatic heterocycles. The summed E-state index contributed by atoms with van der Waals surface area (Å²) in [6, 6.07) is 0.596. The Kier molecular flexibility index (Phi) is 11.5. The normalized spacial score (nSPS) is 14.8. The molecule has 0 saturated heterocycles. The number of guanidine groups is 1. The fourth-order valence-electron chi connectivity index (χ4n) is 2.38. The largest absolute Gasteiger partial charge is 0.383 e. The van der Waals surface area contributed by atoms with Gasteiger partial charge in [-0.2, -0.15) is 0 Å². The second-order valence-electron chi connectivity index (χ2n) is 5.80. The summed E-state index contributed by atoms with van der Waals surface area (Å²) in [5.74, 6) is 1.31. The van der Waals surface area contributed by atoms with Gasteiger partial charge in [0.15, 0.2) is 5.96 Å². The molecule has 128 valence electrons. The lowest BCUT2D eigenvalue weighted by Crippen LogP contribution is -2.51. The van der Waals surface area contributed by atoms with E-state index in [1.165, 1.54) is 0 Å². The second-order valence-corrected chi connectivity index (χ2v) is 5.80. The molecule has 0 bridgehead atoms. The third-order valence-corrected chi connectivity index (χ3v) is 3.47. The number of nitrogens with one attached hydrogen (secondary N) is 2. The van der Waals surface area contributed by atoms with Crippen molar-refractivity contribution in [3.63, 3.8) is 0 Å². The molecule has 0 amide bonds. The Bertz CT molecular complexity index is 332. The lowest BCUT2D eigenvalue weighted by Gasteiger charge is -2.33. The van der Waals surface area contributed by atoms with E-state index < -0.39 is 0 Å². The molecule has 0 aromatic heterocycles. The van der Waals surface area contributed by atoms with E-state index >= 15 is 0 Å². The van der Waals surface area contributed by atoms with Crippen LogP contribution in [0.3, 0.4) is 0 Å². The molecule has 2 N–H and O–H groups in total. The average Bonchev–Trinajstić information content (AvgIpc) is 2.46. The van der Waals surface area contributed by atoms with Gasteiger partial charge in [0, 0.05) is 45.9 Å². The number of rotatable bonds is 11. The van der Waals surface area contributed by atoms with E-state index in [-0.39, 0.29) is 6.04 Å². The summed E-state index contributed by atoms with van der Waals surface area (Å²) < 4.78 is 5.14. The molecule has 0 radical (unpaired) electrons. The highest BCUT2D eigenvalue weighted by molar-refractivity contribution is 5.79. The molecule has 0 spiro atoms. The van der Waals surface area contributed by atoms with Crippen LogP contribution in [0.1, 0.15) is 20.8 Å². The molecule has 0 fully saturated rings. The highest BCUT2D eigenvalue weighted by Gasteiger charge is 2.20. The molecule has 0 saturated carbocycles. The standard InChI is InChI=1S/C17H34N4O/c1-8-10-21(11-9-2)16(14(3)4)12-19-17(18-6)20-15(5)13-22-7/h8-9,14-16H,1-2,10-13H2,3-7H3,(H2,18,19,20). The van der Waals surface area contributed by atoms with Gasteiger partial charge in [0.05, 0.1) is 6.61 Å². The predicted octanol–water partition coefficient (Wildman–Crippen LogP) is 1.88. The minimum Gasteiger partial charge on any atom is -0.383 e. The Hall–Kier alpha value is -1.33. The molecule has 5 heteroatoms. The first kappa shape index (κ1) is 20.7. The van der Waals surface area contributed by atoms with Crippen molar-refractivity contribution in [3.05, 3.63) is 25.3 Å². The van der Waals surface area contributed by atoms with Crippen molar-refractivity contribution in [2.24, 2.45) is 10.9 Å². The highest BCUT2D eigenvalue weighted by atomic mass is 16.5. The van der Waals surface area contributed by atoms with Crippen molar-refractivity contribution in [3.8, 4) is 0 Å². The second kappa shape index (κ2) is 12.2. The van der Waals surface area contributed by atoms with E-state index in [0.29, 0.717) is 18.6 Å². The first-order chi connectivity index (χ1) is 10.5. The van der Waals surface area contributed by atoms with Crippen LogP contribution in [0.4, 0.5) is 0 Å². The van der Waals surface area contributed by atoms with Gasteiger partial charge in [0.2, 0.25) is 0 Å². The van der Waals surface area contributed by atoms with Gasteiger partial charge in [-0.15, -0.1) is 13.2 Å². The van der Waals surface area contributed by atoms with Gasteiger partial charge < -0.3 is 15.4 Å². The van der Waals surface area contributed by atoms with E-state index in [1.807, 2.05) is 12.2 Å². The molecule has 2 atom stereocenters. The van der Waals surface area contributed by atoms with Crippen molar-refractivity contribution in [2.75, 3.05) is 40.4 Å². The zero-order valence-electron chi connectivity index (χ0n) is 14.9. The molecule has 5 nitrogen and oxygen atoms in total. The quantitative estimate of drug-likeness (QED) is 0.348. The SMILES string of the molecule is C=CCN(CC=C)C(CNC(=NC)NC(C)COC)C(C)C. The molecule has 22 heavy (non-hydrogen) atoms. The third kappa shape index (κ3) is 8.20. The Morgan fingerprint density at radius 2 is 1.82 bits per heavy atom. The molecule has 0 aromatic carbocycles. The van der Waals surface area contributed by atoms with Crippen molar-refractivity contribution in [1.82, 2.24) is 15.5 Å². The molecule has 0 aromatic rings. The van der Waals surface area contributed by atoms with Gasteiger partial charge in [-0.25, -0.2) is 0 Å². The van der Waals surface area contributed by atoms with Crippen molar-refractivity contribution in [1.29, 1.82) is 0 Å². The van der Waals surface area contributed by atoms with E-state index in [9.17, 15) is 0 Å². The van der Waals surface area contributed by atoms with Gasteiger partial charge in [-0.3, -0.25) is 9.89 Å². The average molecular weight is 310 g/mol. The van der Waals surface area contributed by atoms with Crippen LogP contribution < -0.4 is 10.6 Å². The monoisotopic (exact) mass is 310 g/mol. The lowest BCUT2D eigenvalue weighted by atomic mass is 10.0. The maximum atomic E-state index is 5.14. The molecule has 0 aliphatic carbocycles. The van der Waals surface area contributed by atoms with Crippen molar-refractivity contribution >= 4 is 5.96 Å².